The Morgan fingerprint density at radius 3 is 3.19 bits per heavy atom. The Balaban J connectivity index is 1.78. The molecular weight excluding hydrogens is 204 g/mol. The molecule has 0 bridgehead atoms. The maximum absolute atomic E-state index is 8.75. The van der Waals surface area contributed by atoms with Gasteiger partial charge in [-0.05, 0) is 17.7 Å². The van der Waals surface area contributed by atoms with E-state index in [2.05, 4.69) is 11.4 Å². The predicted molar refractivity (Wildman–Crippen MR) is 58.6 cm³/mol. The molecule has 1 aromatic rings. The van der Waals surface area contributed by atoms with E-state index in [1.54, 1.807) is 6.07 Å². The largest absolute Gasteiger partial charge is 0.353 e. The molecule has 4 nitrogen and oxygen atoms in total. The Morgan fingerprint density at radius 2 is 2.44 bits per heavy atom. The van der Waals surface area contributed by atoms with Gasteiger partial charge in [-0.2, -0.15) is 5.26 Å². The fourth-order valence-electron chi connectivity index (χ4n) is 1.62. The number of nitrogens with one attached hydrogen (secondary N) is 1. The third-order valence-electron chi connectivity index (χ3n) is 2.45. The van der Waals surface area contributed by atoms with Gasteiger partial charge in [0.2, 0.25) is 0 Å². The molecule has 0 spiro atoms. The quantitative estimate of drug-likeness (QED) is 0.819. The molecule has 0 saturated carbocycles. The van der Waals surface area contributed by atoms with Gasteiger partial charge in [0, 0.05) is 13.1 Å². The molecule has 1 aliphatic rings. The van der Waals surface area contributed by atoms with Crippen LogP contribution in [0.15, 0.2) is 24.3 Å². The minimum Gasteiger partial charge on any atom is -0.353 e. The van der Waals surface area contributed by atoms with Crippen LogP contribution in [-0.2, 0) is 16.0 Å². The van der Waals surface area contributed by atoms with E-state index in [0.29, 0.717) is 19.0 Å². The van der Waals surface area contributed by atoms with Gasteiger partial charge >= 0.3 is 0 Å². The lowest BCUT2D eigenvalue weighted by atomic mass is 10.1. The standard InChI is InChI=1S/C12H14N2O2/c13-5-10-2-1-3-11(4-10)6-14-7-12-8-15-9-16-12/h1-4,12,14H,6-9H2. The van der Waals surface area contributed by atoms with Crippen molar-refractivity contribution in [1.29, 1.82) is 5.26 Å². The summed E-state index contributed by atoms with van der Waals surface area (Å²) in [7, 11) is 0. The Bertz CT molecular complexity index is 381. The van der Waals surface area contributed by atoms with Gasteiger partial charge < -0.3 is 14.8 Å². The summed E-state index contributed by atoms with van der Waals surface area (Å²) in [6.45, 7) is 2.58. The minimum absolute atomic E-state index is 0.152. The van der Waals surface area contributed by atoms with Crippen LogP contribution in [0.2, 0.25) is 0 Å². The number of hydrogen-bond donors (Lipinski definition) is 1. The van der Waals surface area contributed by atoms with Crippen LogP contribution >= 0.6 is 0 Å². The maximum Gasteiger partial charge on any atom is 0.147 e. The van der Waals surface area contributed by atoms with Crippen molar-refractivity contribution < 1.29 is 9.47 Å². The molecule has 0 radical (unpaired) electrons. The third-order valence-corrected chi connectivity index (χ3v) is 2.45. The van der Waals surface area contributed by atoms with E-state index in [4.69, 9.17) is 14.7 Å². The monoisotopic (exact) mass is 218 g/mol. The first-order valence-electron chi connectivity index (χ1n) is 5.27. The summed E-state index contributed by atoms with van der Waals surface area (Å²) in [5.74, 6) is 0. The highest BCUT2D eigenvalue weighted by atomic mass is 16.7. The van der Waals surface area contributed by atoms with Crippen LogP contribution in [-0.4, -0.2) is 26.0 Å². The van der Waals surface area contributed by atoms with Gasteiger partial charge in [-0.25, -0.2) is 0 Å². The molecule has 84 valence electrons. The van der Waals surface area contributed by atoms with Gasteiger partial charge in [0.25, 0.3) is 0 Å². The van der Waals surface area contributed by atoms with Crippen molar-refractivity contribution in [3.8, 4) is 6.07 Å². The number of ether oxygens (including phenoxy) is 2. The lowest BCUT2D eigenvalue weighted by Gasteiger charge is -2.09. The van der Waals surface area contributed by atoms with Crippen molar-refractivity contribution in [3.05, 3.63) is 35.4 Å². The van der Waals surface area contributed by atoms with Crippen LogP contribution in [0.4, 0.5) is 0 Å². The topological polar surface area (TPSA) is 54.3 Å². The van der Waals surface area contributed by atoms with Crippen molar-refractivity contribution in [1.82, 2.24) is 5.32 Å². The molecule has 1 heterocycles. The summed E-state index contributed by atoms with van der Waals surface area (Å²) >= 11 is 0. The SMILES string of the molecule is N#Cc1cccc(CNCC2COCO2)c1. The zero-order chi connectivity index (χ0) is 11.2. The Morgan fingerprint density at radius 1 is 1.50 bits per heavy atom. The van der Waals surface area contributed by atoms with Gasteiger partial charge in [-0.3, -0.25) is 0 Å². The normalized spacial score (nSPS) is 19.6. The van der Waals surface area contributed by atoms with E-state index < -0.39 is 0 Å². The highest BCUT2D eigenvalue weighted by molar-refractivity contribution is 5.32. The first-order chi connectivity index (χ1) is 7.88. The van der Waals surface area contributed by atoms with Crippen molar-refractivity contribution >= 4 is 0 Å². The van der Waals surface area contributed by atoms with E-state index in [0.717, 1.165) is 18.7 Å². The van der Waals surface area contributed by atoms with Crippen LogP contribution in [0.5, 0.6) is 0 Å². The highest BCUT2D eigenvalue weighted by Crippen LogP contribution is 2.05. The first kappa shape index (κ1) is 11.1. The Labute approximate surface area is 94.8 Å². The Hall–Kier alpha value is -1.41. The molecule has 1 N–H and O–H groups in total. The molecular formula is C12H14N2O2. The number of nitrogens with zero attached hydrogens (tertiary/aromatic N) is 1. The molecule has 1 atom stereocenters. The van der Waals surface area contributed by atoms with Gasteiger partial charge in [0.05, 0.1) is 24.3 Å². The van der Waals surface area contributed by atoms with Crippen LogP contribution in [0.1, 0.15) is 11.1 Å². The average Bonchev–Trinajstić information content (AvgIpc) is 2.82. The van der Waals surface area contributed by atoms with Crippen LogP contribution in [0.25, 0.3) is 0 Å². The number of rotatable bonds is 4. The second-order valence-electron chi connectivity index (χ2n) is 3.72. The van der Waals surface area contributed by atoms with E-state index >= 15 is 0 Å². The maximum atomic E-state index is 8.75. The zero-order valence-electron chi connectivity index (χ0n) is 8.98. The molecule has 1 saturated heterocycles. The fraction of sp³-hybridized carbons (Fsp3) is 0.417. The van der Waals surface area contributed by atoms with Crippen LogP contribution < -0.4 is 5.32 Å². The molecule has 4 heteroatoms. The minimum atomic E-state index is 0.152. The molecule has 0 aromatic heterocycles. The molecule has 2 rings (SSSR count). The average molecular weight is 218 g/mol. The summed E-state index contributed by atoms with van der Waals surface area (Å²) in [5, 5.41) is 12.0. The van der Waals surface area contributed by atoms with Gasteiger partial charge in [0.1, 0.15) is 6.79 Å². The first-order valence-corrected chi connectivity index (χ1v) is 5.27. The number of benzene rings is 1. The Kier molecular flexibility index (Phi) is 3.89. The van der Waals surface area contributed by atoms with E-state index in [9.17, 15) is 0 Å². The van der Waals surface area contributed by atoms with E-state index in [-0.39, 0.29) is 6.10 Å². The molecule has 1 aliphatic heterocycles. The molecule has 0 aliphatic carbocycles. The second-order valence-corrected chi connectivity index (χ2v) is 3.72. The molecule has 1 unspecified atom stereocenters. The summed E-state index contributed by atoms with van der Waals surface area (Å²) in [6, 6.07) is 9.71. The lowest BCUT2D eigenvalue weighted by molar-refractivity contribution is 0.0469. The summed E-state index contributed by atoms with van der Waals surface area (Å²) in [4.78, 5) is 0. The van der Waals surface area contributed by atoms with Crippen LogP contribution in [0.3, 0.4) is 0 Å². The van der Waals surface area contributed by atoms with E-state index in [1.807, 2.05) is 18.2 Å². The molecule has 1 fully saturated rings. The summed E-state index contributed by atoms with van der Waals surface area (Å²) in [6.07, 6.45) is 0.152. The highest BCUT2D eigenvalue weighted by Gasteiger charge is 2.14. The van der Waals surface area contributed by atoms with E-state index in [1.165, 1.54) is 0 Å². The second kappa shape index (κ2) is 5.61. The number of nitriles is 1. The van der Waals surface area contributed by atoms with Crippen LogP contribution in [0, 0.1) is 11.3 Å². The van der Waals surface area contributed by atoms with Gasteiger partial charge in [0.15, 0.2) is 0 Å². The molecule has 0 amide bonds. The lowest BCUT2D eigenvalue weighted by Crippen LogP contribution is -2.27. The molecule has 16 heavy (non-hydrogen) atoms. The number of hydrogen-bond acceptors (Lipinski definition) is 4. The van der Waals surface area contributed by atoms with Crippen molar-refractivity contribution in [2.75, 3.05) is 19.9 Å². The smallest absolute Gasteiger partial charge is 0.147 e. The van der Waals surface area contributed by atoms with Gasteiger partial charge in [-0.15, -0.1) is 0 Å². The predicted octanol–water partition coefficient (Wildman–Crippen LogP) is 1.02. The zero-order valence-corrected chi connectivity index (χ0v) is 8.98. The molecule has 1 aromatic carbocycles. The van der Waals surface area contributed by atoms with Crippen molar-refractivity contribution in [2.24, 2.45) is 0 Å². The van der Waals surface area contributed by atoms with Crippen molar-refractivity contribution in [2.45, 2.75) is 12.6 Å². The summed E-state index contributed by atoms with van der Waals surface area (Å²) < 4.78 is 10.4. The van der Waals surface area contributed by atoms with Gasteiger partial charge in [-0.1, -0.05) is 12.1 Å². The third kappa shape index (κ3) is 3.04. The van der Waals surface area contributed by atoms with Crippen molar-refractivity contribution in [3.63, 3.8) is 0 Å². The fourth-order valence-corrected chi connectivity index (χ4v) is 1.62. The summed E-state index contributed by atoms with van der Waals surface area (Å²) in [5.41, 5.74) is 1.80.